The van der Waals surface area contributed by atoms with Gasteiger partial charge in [-0.3, -0.25) is 0 Å². The summed E-state index contributed by atoms with van der Waals surface area (Å²) < 4.78 is 16.9. The van der Waals surface area contributed by atoms with Crippen LogP contribution in [0.25, 0.3) is 11.3 Å². The molecule has 0 bridgehead atoms. The lowest BCUT2D eigenvalue weighted by Crippen LogP contribution is -2.39. The number of hydrogen-bond donors (Lipinski definition) is 2. The van der Waals surface area contributed by atoms with Crippen LogP contribution < -0.4 is 10.6 Å². The molecular weight excluding hydrogens is 495 g/mol. The van der Waals surface area contributed by atoms with Crippen molar-refractivity contribution in [2.24, 2.45) is 4.99 Å². The maximum absolute atomic E-state index is 5.82. The topological polar surface area (TPSA) is 80.9 Å². The predicted molar refractivity (Wildman–Crippen MR) is 131 cm³/mol. The molecule has 0 aliphatic carbocycles. The second-order valence-corrected chi connectivity index (χ2v) is 6.68. The Hall–Kier alpha value is -1.65. The highest BCUT2D eigenvalue weighted by molar-refractivity contribution is 14.0. The molecule has 7 nitrogen and oxygen atoms in total. The van der Waals surface area contributed by atoms with E-state index in [-0.39, 0.29) is 24.0 Å². The molecule has 0 fully saturated rings. The zero-order valence-corrected chi connectivity index (χ0v) is 20.6. The number of aryl methyl sites for hydroxylation is 1. The molecule has 2 N–H and O–H groups in total. The highest BCUT2D eigenvalue weighted by Crippen LogP contribution is 2.20. The fourth-order valence-corrected chi connectivity index (χ4v) is 2.53. The maximum atomic E-state index is 5.82. The molecule has 2 rings (SSSR count). The van der Waals surface area contributed by atoms with Crippen LogP contribution in [0.2, 0.25) is 0 Å². The molecule has 30 heavy (non-hydrogen) atoms. The molecule has 0 atom stereocenters. The first-order chi connectivity index (χ1) is 14.2. The molecule has 1 aromatic heterocycles. The number of ether oxygens (including phenoxy) is 2. The monoisotopic (exact) mass is 530 g/mol. The van der Waals surface area contributed by atoms with Crippen LogP contribution in [0.4, 0.5) is 0 Å². The van der Waals surface area contributed by atoms with E-state index in [1.165, 1.54) is 5.56 Å². The Morgan fingerprint density at radius 3 is 2.47 bits per heavy atom. The lowest BCUT2D eigenvalue weighted by atomic mass is 10.1. The predicted octanol–water partition coefficient (Wildman–Crippen LogP) is 4.16. The third-order valence-corrected chi connectivity index (χ3v) is 4.16. The van der Waals surface area contributed by atoms with Gasteiger partial charge in [0.25, 0.3) is 0 Å². The van der Waals surface area contributed by atoms with Crippen LogP contribution in [0.1, 0.15) is 38.1 Å². The Kier molecular flexibility index (Phi) is 14.2. The first-order valence-corrected chi connectivity index (χ1v) is 10.4. The molecule has 0 saturated heterocycles. The van der Waals surface area contributed by atoms with Crippen LogP contribution in [-0.4, -0.2) is 50.5 Å². The number of oxazole rings is 1. The molecule has 2 aromatic rings. The van der Waals surface area contributed by atoms with E-state index >= 15 is 0 Å². The number of nitrogens with zero attached hydrogens (tertiary/aromatic N) is 2. The number of rotatable bonds is 13. The highest BCUT2D eigenvalue weighted by Gasteiger charge is 2.06. The minimum atomic E-state index is 0. The number of aromatic nitrogens is 1. The van der Waals surface area contributed by atoms with Crippen LogP contribution in [0.15, 0.2) is 39.9 Å². The Morgan fingerprint density at radius 2 is 1.77 bits per heavy atom. The zero-order chi connectivity index (χ0) is 20.7. The molecule has 0 saturated carbocycles. The van der Waals surface area contributed by atoms with Crippen LogP contribution in [0, 0.1) is 6.92 Å². The van der Waals surface area contributed by atoms with Gasteiger partial charge in [0.15, 0.2) is 11.7 Å². The number of halogens is 1. The van der Waals surface area contributed by atoms with E-state index in [2.05, 4.69) is 46.6 Å². The number of hydrogen-bond acceptors (Lipinski definition) is 5. The molecule has 0 spiro atoms. The summed E-state index contributed by atoms with van der Waals surface area (Å²) in [6, 6.07) is 8.18. The van der Waals surface area contributed by atoms with Gasteiger partial charge in [-0.05, 0) is 20.3 Å². The summed E-state index contributed by atoms with van der Waals surface area (Å²) in [5.41, 5.74) is 2.23. The van der Waals surface area contributed by atoms with E-state index < -0.39 is 0 Å². The average Bonchev–Trinajstić information content (AvgIpc) is 3.20. The van der Waals surface area contributed by atoms with E-state index in [0.717, 1.165) is 37.3 Å². The molecule has 0 unspecified atom stereocenters. The molecular formula is C22H35IN4O3. The summed E-state index contributed by atoms with van der Waals surface area (Å²) >= 11 is 0. The highest BCUT2D eigenvalue weighted by atomic mass is 127. The second kappa shape index (κ2) is 16.1. The van der Waals surface area contributed by atoms with Crippen molar-refractivity contribution in [3.05, 3.63) is 41.9 Å². The molecule has 1 aromatic carbocycles. The second-order valence-electron chi connectivity index (χ2n) is 6.68. The van der Waals surface area contributed by atoms with Gasteiger partial charge < -0.3 is 24.5 Å². The van der Waals surface area contributed by atoms with Gasteiger partial charge in [-0.2, -0.15) is 0 Å². The number of unbranched alkanes of at least 4 members (excludes halogenated alkanes) is 1. The van der Waals surface area contributed by atoms with Crippen molar-refractivity contribution in [1.82, 2.24) is 15.6 Å². The Labute approximate surface area is 197 Å². The van der Waals surface area contributed by atoms with Gasteiger partial charge in [-0.15, -0.1) is 24.0 Å². The maximum Gasteiger partial charge on any atom is 0.216 e. The number of aliphatic imine (C=N–C) groups is 1. The van der Waals surface area contributed by atoms with Crippen LogP contribution in [-0.2, 0) is 16.0 Å². The number of nitrogens with one attached hydrogen (secondary N) is 2. The minimum absolute atomic E-state index is 0. The summed E-state index contributed by atoms with van der Waals surface area (Å²) in [6.45, 7) is 10.7. The van der Waals surface area contributed by atoms with Crippen LogP contribution in [0.3, 0.4) is 0 Å². The third-order valence-electron chi connectivity index (χ3n) is 4.16. The van der Waals surface area contributed by atoms with Crippen molar-refractivity contribution >= 4 is 29.9 Å². The molecule has 168 valence electrons. The first-order valence-electron chi connectivity index (χ1n) is 10.4. The van der Waals surface area contributed by atoms with E-state index in [4.69, 9.17) is 13.9 Å². The van der Waals surface area contributed by atoms with Crippen LogP contribution >= 0.6 is 24.0 Å². The van der Waals surface area contributed by atoms with Crippen molar-refractivity contribution in [2.75, 3.05) is 39.5 Å². The molecule has 8 heteroatoms. The Morgan fingerprint density at radius 1 is 1.03 bits per heavy atom. The van der Waals surface area contributed by atoms with Gasteiger partial charge in [0.2, 0.25) is 5.89 Å². The van der Waals surface area contributed by atoms with Crippen molar-refractivity contribution in [1.29, 1.82) is 0 Å². The van der Waals surface area contributed by atoms with Crippen molar-refractivity contribution in [3.8, 4) is 11.3 Å². The van der Waals surface area contributed by atoms with Gasteiger partial charge in [0.1, 0.15) is 6.54 Å². The molecule has 0 radical (unpaired) electrons. The Balaban J connectivity index is 0.00000450. The quantitative estimate of drug-likeness (QED) is 0.175. The van der Waals surface area contributed by atoms with Gasteiger partial charge in [-0.1, -0.05) is 43.2 Å². The fraction of sp³-hybridized carbons (Fsp3) is 0.545. The van der Waals surface area contributed by atoms with Gasteiger partial charge in [-0.25, -0.2) is 9.98 Å². The molecule has 1 heterocycles. The van der Waals surface area contributed by atoms with Gasteiger partial charge in [0, 0.05) is 25.3 Å². The van der Waals surface area contributed by atoms with E-state index in [1.54, 1.807) is 6.20 Å². The molecule has 0 aliphatic rings. The normalized spacial score (nSPS) is 11.2. The van der Waals surface area contributed by atoms with E-state index in [0.29, 0.717) is 44.8 Å². The first kappa shape index (κ1) is 26.4. The van der Waals surface area contributed by atoms with E-state index in [9.17, 15) is 0 Å². The average molecular weight is 530 g/mol. The zero-order valence-electron chi connectivity index (χ0n) is 18.3. The van der Waals surface area contributed by atoms with Crippen LogP contribution in [0.5, 0.6) is 0 Å². The summed E-state index contributed by atoms with van der Waals surface area (Å²) in [6.07, 6.45) is 3.99. The summed E-state index contributed by atoms with van der Waals surface area (Å²) in [5.74, 6) is 2.05. The van der Waals surface area contributed by atoms with Crippen molar-refractivity contribution in [3.63, 3.8) is 0 Å². The Bertz CT molecular complexity index is 719. The van der Waals surface area contributed by atoms with Crippen molar-refractivity contribution in [2.45, 2.75) is 40.2 Å². The fourth-order valence-electron chi connectivity index (χ4n) is 2.53. The lowest BCUT2D eigenvalue weighted by Gasteiger charge is -2.11. The summed E-state index contributed by atoms with van der Waals surface area (Å²) in [4.78, 5) is 8.86. The largest absolute Gasteiger partial charge is 0.439 e. The number of guanidine groups is 1. The standard InChI is InChI=1S/C22H34N4O3.HI/c1-4-6-12-27-14-15-28-13-11-24-22(23-5-2)26-17-21-25-16-20(29-21)19-9-7-18(3)8-10-19;/h7-10,16H,4-6,11-15,17H2,1-3H3,(H2,23,24,26);1H. The van der Waals surface area contributed by atoms with Gasteiger partial charge in [0.05, 0.1) is 26.0 Å². The van der Waals surface area contributed by atoms with E-state index in [1.807, 2.05) is 19.1 Å². The molecule has 0 aliphatic heterocycles. The van der Waals surface area contributed by atoms with Crippen molar-refractivity contribution < 1.29 is 13.9 Å². The summed E-state index contributed by atoms with van der Waals surface area (Å²) in [7, 11) is 0. The lowest BCUT2D eigenvalue weighted by molar-refractivity contribution is 0.0487. The van der Waals surface area contributed by atoms with Gasteiger partial charge >= 0.3 is 0 Å². The molecule has 0 amide bonds. The summed E-state index contributed by atoms with van der Waals surface area (Å²) in [5, 5.41) is 6.46. The third kappa shape index (κ3) is 10.4. The number of benzene rings is 1. The minimum Gasteiger partial charge on any atom is -0.439 e. The smallest absolute Gasteiger partial charge is 0.216 e. The SMILES string of the molecule is CCCCOCCOCCNC(=NCc1ncc(-c2ccc(C)cc2)o1)NCC.I.